The molecular formula is C21H24N4O3S. The van der Waals surface area contributed by atoms with Gasteiger partial charge in [-0.2, -0.15) is 9.57 Å². The Hall–Kier alpha value is -2.76. The molecule has 2 heterocycles. The van der Waals surface area contributed by atoms with Crippen LogP contribution in [0.1, 0.15) is 39.8 Å². The Labute approximate surface area is 171 Å². The van der Waals surface area contributed by atoms with E-state index >= 15 is 0 Å². The van der Waals surface area contributed by atoms with Gasteiger partial charge in [-0.1, -0.05) is 0 Å². The van der Waals surface area contributed by atoms with E-state index in [9.17, 15) is 13.2 Å². The zero-order valence-electron chi connectivity index (χ0n) is 17.0. The third kappa shape index (κ3) is 4.02. The van der Waals surface area contributed by atoms with E-state index in [0.29, 0.717) is 28.9 Å². The lowest BCUT2D eigenvalue weighted by Gasteiger charge is -2.39. The van der Waals surface area contributed by atoms with Crippen LogP contribution in [0.25, 0.3) is 0 Å². The van der Waals surface area contributed by atoms with Gasteiger partial charge in [0.1, 0.15) is 0 Å². The van der Waals surface area contributed by atoms with Crippen molar-refractivity contribution in [3.8, 4) is 6.07 Å². The summed E-state index contributed by atoms with van der Waals surface area (Å²) in [5.41, 5.74) is 3.02. The lowest BCUT2D eigenvalue weighted by atomic mass is 10.1. The van der Waals surface area contributed by atoms with Crippen LogP contribution < -0.4 is 0 Å². The lowest BCUT2D eigenvalue weighted by Crippen LogP contribution is -2.55. The first-order valence-electron chi connectivity index (χ1n) is 9.41. The second kappa shape index (κ2) is 7.93. The fourth-order valence-corrected chi connectivity index (χ4v) is 5.38. The first-order valence-corrected chi connectivity index (χ1v) is 10.8. The third-order valence-electron chi connectivity index (χ3n) is 5.23. The molecule has 0 aliphatic carbocycles. The van der Waals surface area contributed by atoms with E-state index in [4.69, 9.17) is 5.26 Å². The van der Waals surface area contributed by atoms with E-state index in [2.05, 4.69) is 4.98 Å². The second-order valence-corrected chi connectivity index (χ2v) is 9.29. The number of sulfonamides is 1. The molecule has 2 aromatic rings. The van der Waals surface area contributed by atoms with Gasteiger partial charge in [-0.15, -0.1) is 0 Å². The summed E-state index contributed by atoms with van der Waals surface area (Å²) in [6, 6.07) is 9.88. The molecule has 0 N–H and O–H groups in total. The van der Waals surface area contributed by atoms with Gasteiger partial charge in [0.05, 0.1) is 27.8 Å². The van der Waals surface area contributed by atoms with Crippen molar-refractivity contribution in [2.75, 3.05) is 19.6 Å². The summed E-state index contributed by atoms with van der Waals surface area (Å²) in [6.45, 7) is 7.95. The predicted octanol–water partition coefficient (Wildman–Crippen LogP) is 2.41. The Morgan fingerprint density at radius 3 is 2.48 bits per heavy atom. The number of piperazine rings is 1. The highest BCUT2D eigenvalue weighted by molar-refractivity contribution is 7.89. The summed E-state index contributed by atoms with van der Waals surface area (Å²) in [4.78, 5) is 19.2. The number of carbonyl (C=O) groups is 1. The van der Waals surface area contributed by atoms with Crippen molar-refractivity contribution in [2.24, 2.45) is 0 Å². The minimum atomic E-state index is -3.70. The van der Waals surface area contributed by atoms with Crippen LogP contribution in [-0.2, 0) is 10.0 Å². The van der Waals surface area contributed by atoms with E-state index in [1.165, 1.54) is 16.4 Å². The smallest absolute Gasteiger partial charge is 0.256 e. The minimum Gasteiger partial charge on any atom is -0.333 e. The molecule has 3 rings (SSSR count). The van der Waals surface area contributed by atoms with Gasteiger partial charge in [0, 0.05) is 31.4 Å². The number of rotatable bonds is 3. The van der Waals surface area contributed by atoms with E-state index in [0.717, 1.165) is 5.69 Å². The molecule has 1 atom stereocenters. The fourth-order valence-electron chi connectivity index (χ4n) is 3.66. The third-order valence-corrected chi connectivity index (χ3v) is 7.25. The molecule has 1 saturated heterocycles. The molecule has 0 radical (unpaired) electrons. The normalized spacial score (nSPS) is 17.8. The second-order valence-electron chi connectivity index (χ2n) is 7.39. The molecule has 0 bridgehead atoms. The first kappa shape index (κ1) is 21.0. The molecule has 1 aliphatic rings. The Balaban J connectivity index is 1.80. The quantitative estimate of drug-likeness (QED) is 0.772. The van der Waals surface area contributed by atoms with Crippen molar-refractivity contribution in [1.29, 1.82) is 5.26 Å². The zero-order chi connectivity index (χ0) is 21.3. The predicted molar refractivity (Wildman–Crippen MR) is 109 cm³/mol. The fraction of sp³-hybridized carbons (Fsp3) is 0.381. The molecule has 1 amide bonds. The van der Waals surface area contributed by atoms with E-state index in [-0.39, 0.29) is 29.9 Å². The van der Waals surface area contributed by atoms with Crippen molar-refractivity contribution in [3.63, 3.8) is 0 Å². The molecule has 0 spiro atoms. The maximum absolute atomic E-state index is 13.1. The molecule has 1 unspecified atom stereocenters. The molecule has 8 heteroatoms. The van der Waals surface area contributed by atoms with Gasteiger partial charge in [0.15, 0.2) is 0 Å². The molecule has 1 aromatic carbocycles. The van der Waals surface area contributed by atoms with Crippen LogP contribution in [0.4, 0.5) is 0 Å². The number of aryl methyl sites for hydroxylation is 3. The van der Waals surface area contributed by atoms with Crippen molar-refractivity contribution >= 4 is 15.9 Å². The van der Waals surface area contributed by atoms with Gasteiger partial charge >= 0.3 is 0 Å². The molecular weight excluding hydrogens is 388 g/mol. The number of benzene rings is 1. The average molecular weight is 413 g/mol. The number of nitrogens with zero attached hydrogens (tertiary/aromatic N) is 4. The molecule has 152 valence electrons. The number of hydrogen-bond acceptors (Lipinski definition) is 5. The Bertz CT molecular complexity index is 1110. The number of carbonyl (C=O) groups excluding carboxylic acids is 1. The van der Waals surface area contributed by atoms with Crippen LogP contribution in [0.15, 0.2) is 35.2 Å². The number of hydrogen-bond donors (Lipinski definition) is 0. The molecule has 1 fully saturated rings. The lowest BCUT2D eigenvalue weighted by molar-refractivity contribution is 0.0590. The monoisotopic (exact) mass is 412 g/mol. The van der Waals surface area contributed by atoms with Gasteiger partial charge in [0.2, 0.25) is 10.0 Å². The van der Waals surface area contributed by atoms with Gasteiger partial charge < -0.3 is 4.90 Å². The van der Waals surface area contributed by atoms with E-state index in [1.807, 2.05) is 19.9 Å². The molecule has 0 saturated carbocycles. The van der Waals surface area contributed by atoms with Crippen LogP contribution in [-0.4, -0.2) is 54.2 Å². The van der Waals surface area contributed by atoms with Crippen molar-refractivity contribution in [3.05, 3.63) is 58.4 Å². The first-order chi connectivity index (χ1) is 13.6. The zero-order valence-corrected chi connectivity index (χ0v) is 17.8. The summed E-state index contributed by atoms with van der Waals surface area (Å²) in [5, 5.41) is 9.00. The van der Waals surface area contributed by atoms with Crippen LogP contribution in [0.3, 0.4) is 0 Å². The summed E-state index contributed by atoms with van der Waals surface area (Å²) in [7, 11) is -3.70. The van der Waals surface area contributed by atoms with Crippen LogP contribution in [0.5, 0.6) is 0 Å². The highest BCUT2D eigenvalue weighted by Crippen LogP contribution is 2.24. The van der Waals surface area contributed by atoms with E-state index in [1.54, 1.807) is 36.9 Å². The minimum absolute atomic E-state index is 0.130. The SMILES string of the molecule is Cc1ccc(C(=O)N2CCN(S(=O)(=O)c3ccc(C#N)cc3C)CC2C)c(C)n1. The van der Waals surface area contributed by atoms with Gasteiger partial charge in [-0.05, 0) is 63.6 Å². The average Bonchev–Trinajstić information content (AvgIpc) is 2.67. The largest absolute Gasteiger partial charge is 0.333 e. The summed E-state index contributed by atoms with van der Waals surface area (Å²) < 4.78 is 27.7. The standard InChI is InChI=1S/C21H24N4O3S/c1-14-11-18(12-22)6-8-20(14)29(27,28)24-9-10-25(16(3)13-24)21(26)19-7-5-15(2)23-17(19)4/h5-8,11,16H,9-10,13H2,1-4H3. The topological polar surface area (TPSA) is 94.4 Å². The number of amides is 1. The van der Waals surface area contributed by atoms with Crippen LogP contribution >= 0.6 is 0 Å². The van der Waals surface area contributed by atoms with Gasteiger partial charge in [0.25, 0.3) is 5.91 Å². The Morgan fingerprint density at radius 1 is 1.17 bits per heavy atom. The van der Waals surface area contributed by atoms with Crippen molar-refractivity contribution in [1.82, 2.24) is 14.2 Å². The number of nitriles is 1. The van der Waals surface area contributed by atoms with E-state index < -0.39 is 10.0 Å². The summed E-state index contributed by atoms with van der Waals surface area (Å²) >= 11 is 0. The summed E-state index contributed by atoms with van der Waals surface area (Å²) in [6.07, 6.45) is 0. The Kier molecular flexibility index (Phi) is 5.73. The number of pyridine rings is 1. The molecule has 7 nitrogen and oxygen atoms in total. The van der Waals surface area contributed by atoms with Gasteiger partial charge in [-0.25, -0.2) is 8.42 Å². The maximum Gasteiger partial charge on any atom is 0.256 e. The van der Waals surface area contributed by atoms with Gasteiger partial charge in [-0.3, -0.25) is 9.78 Å². The molecule has 1 aromatic heterocycles. The van der Waals surface area contributed by atoms with Crippen LogP contribution in [0.2, 0.25) is 0 Å². The van der Waals surface area contributed by atoms with Crippen molar-refractivity contribution < 1.29 is 13.2 Å². The highest BCUT2D eigenvalue weighted by atomic mass is 32.2. The molecule has 29 heavy (non-hydrogen) atoms. The number of aromatic nitrogens is 1. The highest BCUT2D eigenvalue weighted by Gasteiger charge is 2.35. The van der Waals surface area contributed by atoms with Crippen LogP contribution in [0, 0.1) is 32.1 Å². The molecule has 1 aliphatic heterocycles. The maximum atomic E-state index is 13.1. The summed E-state index contributed by atoms with van der Waals surface area (Å²) in [5.74, 6) is -0.130. The van der Waals surface area contributed by atoms with Crippen molar-refractivity contribution in [2.45, 2.75) is 38.6 Å². The Morgan fingerprint density at radius 2 is 1.90 bits per heavy atom.